The van der Waals surface area contributed by atoms with E-state index in [1.54, 1.807) is 13.0 Å². The van der Waals surface area contributed by atoms with E-state index in [1.165, 1.54) is 6.21 Å². The van der Waals surface area contributed by atoms with Gasteiger partial charge in [0.15, 0.2) is 11.7 Å². The number of Topliss-reactive ketones (excluding diaryl/α,β-unsaturated/α-hetero) is 1. The molecule has 4 heteroatoms. The molecule has 0 amide bonds. The first kappa shape index (κ1) is 19.5. The Kier molecular flexibility index (Phi) is 6.68. The average molecular weight is 373 g/mol. The van der Waals surface area contributed by atoms with Gasteiger partial charge in [-0.1, -0.05) is 72.8 Å². The van der Waals surface area contributed by atoms with Gasteiger partial charge in [0, 0.05) is 18.3 Å². The van der Waals surface area contributed by atoms with Crippen molar-refractivity contribution in [1.29, 1.82) is 0 Å². The first-order chi connectivity index (χ1) is 13.7. The monoisotopic (exact) mass is 373 g/mol. The Morgan fingerprint density at radius 2 is 1.68 bits per heavy atom. The third-order valence-corrected chi connectivity index (χ3v) is 4.50. The van der Waals surface area contributed by atoms with Crippen molar-refractivity contribution < 1.29 is 14.3 Å². The summed E-state index contributed by atoms with van der Waals surface area (Å²) in [5.41, 5.74) is 1.67. The van der Waals surface area contributed by atoms with E-state index in [-0.39, 0.29) is 12.4 Å². The molecule has 0 saturated heterocycles. The van der Waals surface area contributed by atoms with Crippen molar-refractivity contribution in [2.24, 2.45) is 10.9 Å². The number of fused-ring (bicyclic) bond motifs is 1. The highest BCUT2D eigenvalue weighted by atomic mass is 16.5. The molecule has 3 rings (SSSR count). The number of ether oxygens (including phenoxy) is 1. The van der Waals surface area contributed by atoms with E-state index in [1.807, 2.05) is 66.7 Å². The lowest BCUT2D eigenvalue weighted by Crippen LogP contribution is -2.28. The van der Waals surface area contributed by atoms with Crippen molar-refractivity contribution >= 4 is 28.7 Å². The number of hydrogen-bond acceptors (Lipinski definition) is 4. The predicted molar refractivity (Wildman–Crippen MR) is 112 cm³/mol. The highest BCUT2D eigenvalue weighted by Gasteiger charge is 2.28. The molecule has 0 bridgehead atoms. The van der Waals surface area contributed by atoms with Gasteiger partial charge < -0.3 is 4.74 Å². The van der Waals surface area contributed by atoms with Crippen LogP contribution in [0.5, 0.6) is 0 Å². The molecular weight excluding hydrogens is 350 g/mol. The Labute approximate surface area is 164 Å². The molecule has 0 aliphatic carbocycles. The minimum Gasteiger partial charge on any atom is -0.465 e. The molecule has 0 heterocycles. The van der Waals surface area contributed by atoms with E-state index in [2.05, 4.69) is 4.99 Å². The summed E-state index contributed by atoms with van der Waals surface area (Å²) in [5, 5.41) is 1.78. The molecule has 142 valence electrons. The summed E-state index contributed by atoms with van der Waals surface area (Å²) in [6, 6.07) is 23.1. The quantitative estimate of drug-likeness (QED) is 0.253. The Morgan fingerprint density at radius 3 is 2.46 bits per heavy atom. The average Bonchev–Trinajstić information content (AvgIpc) is 2.74. The van der Waals surface area contributed by atoms with Gasteiger partial charge in [0.2, 0.25) is 0 Å². The van der Waals surface area contributed by atoms with Crippen molar-refractivity contribution in [3.8, 4) is 0 Å². The molecule has 0 spiro atoms. The number of carbonyl (C=O) groups is 2. The Balaban J connectivity index is 1.81. The fourth-order valence-electron chi connectivity index (χ4n) is 3.09. The number of esters is 1. The van der Waals surface area contributed by atoms with Gasteiger partial charge in [-0.3, -0.25) is 14.6 Å². The van der Waals surface area contributed by atoms with Crippen LogP contribution in [0.2, 0.25) is 0 Å². The van der Waals surface area contributed by atoms with Crippen LogP contribution in [0.1, 0.15) is 22.8 Å². The summed E-state index contributed by atoms with van der Waals surface area (Å²) >= 11 is 0. The van der Waals surface area contributed by atoms with Crippen molar-refractivity contribution in [2.45, 2.75) is 13.3 Å². The van der Waals surface area contributed by atoms with Gasteiger partial charge >= 0.3 is 5.97 Å². The predicted octanol–water partition coefficient (Wildman–Crippen LogP) is 4.52. The molecule has 0 N–H and O–H groups in total. The van der Waals surface area contributed by atoms with Crippen LogP contribution in [0.15, 0.2) is 77.8 Å². The molecule has 1 unspecified atom stereocenters. The number of hydrogen-bond donors (Lipinski definition) is 0. The first-order valence-electron chi connectivity index (χ1n) is 9.43. The number of aliphatic imine (C=N–C) groups is 1. The fourth-order valence-corrected chi connectivity index (χ4v) is 3.09. The lowest BCUT2D eigenvalue weighted by atomic mass is 9.94. The highest BCUT2D eigenvalue weighted by molar-refractivity contribution is 6.22. The van der Waals surface area contributed by atoms with Gasteiger partial charge in [0.25, 0.3) is 0 Å². The number of carbonyl (C=O) groups excluding carboxylic acids is 2. The summed E-state index contributed by atoms with van der Waals surface area (Å²) in [6.07, 6.45) is 2.18. The van der Waals surface area contributed by atoms with E-state index < -0.39 is 11.9 Å². The molecule has 0 radical (unpaired) electrons. The number of nitrogens with zero attached hydrogens (tertiary/aromatic N) is 1. The maximum absolute atomic E-state index is 13.1. The summed E-state index contributed by atoms with van der Waals surface area (Å²) < 4.78 is 5.12. The molecule has 1 atom stereocenters. The molecule has 28 heavy (non-hydrogen) atoms. The molecular formula is C24H23NO3. The van der Waals surface area contributed by atoms with Gasteiger partial charge in [-0.2, -0.15) is 0 Å². The van der Waals surface area contributed by atoms with Gasteiger partial charge in [-0.15, -0.1) is 0 Å². The third-order valence-electron chi connectivity index (χ3n) is 4.50. The van der Waals surface area contributed by atoms with Crippen molar-refractivity contribution in [3.63, 3.8) is 0 Å². The van der Waals surface area contributed by atoms with Gasteiger partial charge in [0.05, 0.1) is 6.61 Å². The van der Waals surface area contributed by atoms with Crippen LogP contribution < -0.4 is 0 Å². The largest absolute Gasteiger partial charge is 0.465 e. The third kappa shape index (κ3) is 4.71. The Hall–Kier alpha value is -3.27. The zero-order valence-electron chi connectivity index (χ0n) is 15.9. The van der Waals surface area contributed by atoms with Gasteiger partial charge in [-0.05, 0) is 29.7 Å². The van der Waals surface area contributed by atoms with Gasteiger partial charge in [-0.25, -0.2) is 0 Å². The number of ketones is 1. The minimum absolute atomic E-state index is 0.218. The molecule has 4 nitrogen and oxygen atoms in total. The molecule has 0 fully saturated rings. The standard InChI is InChI=1S/C24H23NO3/c1-2-28-24(27)22(17-25-16-15-18-9-4-3-5-10-18)23(26)21-14-8-12-19-11-6-7-13-20(19)21/h3-14,17,22H,2,15-16H2,1H3. The van der Waals surface area contributed by atoms with Gasteiger partial charge in [0.1, 0.15) is 0 Å². The van der Waals surface area contributed by atoms with Crippen LogP contribution in [0.25, 0.3) is 10.8 Å². The molecule has 0 saturated carbocycles. The van der Waals surface area contributed by atoms with E-state index in [0.717, 1.165) is 22.8 Å². The lowest BCUT2D eigenvalue weighted by Gasteiger charge is -2.12. The van der Waals surface area contributed by atoms with Crippen molar-refractivity contribution in [2.75, 3.05) is 13.2 Å². The maximum atomic E-state index is 13.1. The van der Waals surface area contributed by atoms with Crippen molar-refractivity contribution in [3.05, 3.63) is 83.9 Å². The van der Waals surface area contributed by atoms with Crippen LogP contribution in [0.4, 0.5) is 0 Å². The smallest absolute Gasteiger partial charge is 0.322 e. The summed E-state index contributed by atoms with van der Waals surface area (Å²) in [6.45, 7) is 2.45. The van der Waals surface area contributed by atoms with Crippen LogP contribution in [0, 0.1) is 5.92 Å². The molecule has 3 aromatic carbocycles. The maximum Gasteiger partial charge on any atom is 0.322 e. The van der Waals surface area contributed by atoms with Crippen LogP contribution in [-0.2, 0) is 16.0 Å². The zero-order chi connectivity index (χ0) is 19.8. The van der Waals surface area contributed by atoms with Crippen LogP contribution in [-0.4, -0.2) is 31.1 Å². The fraction of sp³-hybridized carbons (Fsp3) is 0.208. The molecule has 0 aromatic heterocycles. The Bertz CT molecular complexity index is 974. The summed E-state index contributed by atoms with van der Waals surface area (Å²) in [4.78, 5) is 29.9. The van der Waals surface area contributed by atoms with E-state index in [0.29, 0.717) is 12.1 Å². The topological polar surface area (TPSA) is 55.7 Å². The summed E-state index contributed by atoms with van der Waals surface area (Å²) in [7, 11) is 0. The summed E-state index contributed by atoms with van der Waals surface area (Å²) in [5.74, 6) is -1.90. The van der Waals surface area contributed by atoms with Crippen LogP contribution in [0.3, 0.4) is 0 Å². The number of rotatable bonds is 8. The molecule has 0 aliphatic heterocycles. The van der Waals surface area contributed by atoms with E-state index in [9.17, 15) is 9.59 Å². The molecule has 0 aliphatic rings. The second-order valence-electron chi connectivity index (χ2n) is 6.41. The minimum atomic E-state index is -1.04. The normalized spacial score (nSPS) is 12.2. The zero-order valence-corrected chi connectivity index (χ0v) is 15.9. The van der Waals surface area contributed by atoms with Crippen molar-refractivity contribution in [1.82, 2.24) is 0 Å². The highest BCUT2D eigenvalue weighted by Crippen LogP contribution is 2.21. The number of benzene rings is 3. The lowest BCUT2D eigenvalue weighted by molar-refractivity contribution is -0.143. The second kappa shape index (κ2) is 9.60. The molecule has 3 aromatic rings. The van der Waals surface area contributed by atoms with E-state index >= 15 is 0 Å². The van der Waals surface area contributed by atoms with E-state index in [4.69, 9.17) is 4.74 Å². The Morgan fingerprint density at radius 1 is 0.964 bits per heavy atom. The second-order valence-corrected chi connectivity index (χ2v) is 6.41. The first-order valence-corrected chi connectivity index (χ1v) is 9.43. The SMILES string of the molecule is CCOC(=O)C(C=NCCc1ccccc1)C(=O)c1cccc2ccccc12. The van der Waals surface area contributed by atoms with Crippen LogP contribution >= 0.6 is 0 Å².